The normalized spacial score (nSPS) is 26.2. The molecule has 1 aliphatic carbocycles. The molecule has 0 aromatic heterocycles. The monoisotopic (exact) mass is 167 g/mol. The lowest BCUT2D eigenvalue weighted by molar-refractivity contribution is -0.121. The third-order valence-corrected chi connectivity index (χ3v) is 2.96. The van der Waals surface area contributed by atoms with E-state index in [9.17, 15) is 4.79 Å². The third-order valence-electron chi connectivity index (χ3n) is 2.96. The summed E-state index contributed by atoms with van der Waals surface area (Å²) in [6, 6.07) is 0. The first kappa shape index (κ1) is 8.24. The van der Waals surface area contributed by atoms with Crippen LogP contribution >= 0.6 is 0 Å². The van der Waals surface area contributed by atoms with Crippen LogP contribution in [-0.2, 0) is 4.79 Å². The topological polar surface area (TPSA) is 20.3 Å². The van der Waals surface area contributed by atoms with E-state index in [-0.39, 0.29) is 0 Å². The van der Waals surface area contributed by atoms with Crippen molar-refractivity contribution in [3.05, 3.63) is 0 Å². The molecule has 12 heavy (non-hydrogen) atoms. The number of nitrogens with zero attached hydrogens (tertiary/aromatic N) is 1. The van der Waals surface area contributed by atoms with Crippen molar-refractivity contribution in [3.8, 4) is 0 Å². The summed E-state index contributed by atoms with van der Waals surface area (Å²) in [5.74, 6) is 1.49. The summed E-state index contributed by atoms with van der Waals surface area (Å²) in [5.41, 5.74) is 0. The van der Waals surface area contributed by atoms with Gasteiger partial charge >= 0.3 is 0 Å². The van der Waals surface area contributed by atoms with Gasteiger partial charge in [0.1, 0.15) is 5.78 Å². The zero-order chi connectivity index (χ0) is 8.39. The van der Waals surface area contributed by atoms with E-state index in [0.717, 1.165) is 31.8 Å². The largest absolute Gasteiger partial charge is 0.302 e. The van der Waals surface area contributed by atoms with Crippen molar-refractivity contribution in [1.29, 1.82) is 0 Å². The Morgan fingerprint density at radius 3 is 2.50 bits per heavy atom. The van der Waals surface area contributed by atoms with E-state index in [1.54, 1.807) is 0 Å². The number of Topliss-reactive ketones (excluding diaryl/α,β-unsaturated/α-hetero) is 1. The summed E-state index contributed by atoms with van der Waals surface area (Å²) >= 11 is 0. The minimum absolute atomic E-state index is 0.456. The molecular formula is C10H17NO. The predicted octanol–water partition coefficient (Wildman–Crippen LogP) is 1.45. The highest BCUT2D eigenvalue weighted by Crippen LogP contribution is 2.32. The Morgan fingerprint density at radius 1 is 1.25 bits per heavy atom. The van der Waals surface area contributed by atoms with Crippen LogP contribution < -0.4 is 0 Å². The highest BCUT2D eigenvalue weighted by atomic mass is 16.1. The van der Waals surface area contributed by atoms with Crippen LogP contribution in [0.1, 0.15) is 32.1 Å². The Kier molecular flexibility index (Phi) is 2.45. The maximum atomic E-state index is 10.9. The fraction of sp³-hybridized carbons (Fsp3) is 0.900. The van der Waals surface area contributed by atoms with E-state index < -0.39 is 0 Å². The summed E-state index contributed by atoms with van der Waals surface area (Å²) in [4.78, 5) is 13.4. The average molecular weight is 167 g/mol. The molecule has 1 saturated heterocycles. The van der Waals surface area contributed by atoms with Gasteiger partial charge in [-0.3, -0.25) is 4.79 Å². The molecule has 0 N–H and O–H groups in total. The van der Waals surface area contributed by atoms with E-state index in [1.807, 2.05) is 0 Å². The predicted molar refractivity (Wildman–Crippen MR) is 48.0 cm³/mol. The fourth-order valence-electron chi connectivity index (χ4n) is 1.80. The zero-order valence-electron chi connectivity index (χ0n) is 7.59. The van der Waals surface area contributed by atoms with Crippen molar-refractivity contribution in [1.82, 2.24) is 4.90 Å². The number of hydrogen-bond acceptors (Lipinski definition) is 2. The van der Waals surface area contributed by atoms with Gasteiger partial charge in [0.25, 0.3) is 0 Å². The molecule has 2 aliphatic rings. The molecule has 0 spiro atoms. The highest BCUT2D eigenvalue weighted by molar-refractivity contribution is 5.79. The lowest BCUT2D eigenvalue weighted by atomic mass is 10.1. The molecule has 0 aromatic carbocycles. The summed E-state index contributed by atoms with van der Waals surface area (Å²) < 4.78 is 0. The number of ketones is 1. The average Bonchev–Trinajstić information content (AvgIpc) is 2.87. The summed E-state index contributed by atoms with van der Waals surface area (Å²) in [5, 5.41) is 0. The van der Waals surface area contributed by atoms with Crippen molar-refractivity contribution in [2.45, 2.75) is 32.1 Å². The van der Waals surface area contributed by atoms with Crippen LogP contribution in [0.15, 0.2) is 0 Å². The molecule has 1 heterocycles. The highest BCUT2D eigenvalue weighted by Gasteiger charge is 2.23. The minimum atomic E-state index is 0.456. The zero-order valence-corrected chi connectivity index (χ0v) is 7.59. The van der Waals surface area contributed by atoms with E-state index in [2.05, 4.69) is 4.90 Å². The minimum Gasteiger partial charge on any atom is -0.302 e. The number of piperidine rings is 1. The Bertz CT molecular complexity index is 165. The molecular weight excluding hydrogens is 150 g/mol. The number of likely N-dealkylation sites (tertiary alicyclic amines) is 1. The van der Waals surface area contributed by atoms with E-state index in [1.165, 1.54) is 25.8 Å². The quantitative estimate of drug-likeness (QED) is 0.634. The second-order valence-corrected chi connectivity index (χ2v) is 4.11. The number of hydrogen-bond donors (Lipinski definition) is 0. The standard InChI is InChI=1S/C10H17NO/c12-10-4-7-11(8-5-10)6-3-9-1-2-9/h9H,1-8H2. The van der Waals surface area contributed by atoms with Gasteiger partial charge in [0, 0.05) is 25.9 Å². The van der Waals surface area contributed by atoms with Gasteiger partial charge in [-0.25, -0.2) is 0 Å². The molecule has 1 aliphatic heterocycles. The molecule has 1 saturated carbocycles. The van der Waals surface area contributed by atoms with E-state index in [4.69, 9.17) is 0 Å². The molecule has 2 heteroatoms. The van der Waals surface area contributed by atoms with Crippen molar-refractivity contribution in [3.63, 3.8) is 0 Å². The van der Waals surface area contributed by atoms with Crippen LogP contribution in [0.5, 0.6) is 0 Å². The summed E-state index contributed by atoms with van der Waals surface area (Å²) in [7, 11) is 0. The van der Waals surface area contributed by atoms with Gasteiger partial charge in [-0.05, 0) is 18.9 Å². The Hall–Kier alpha value is -0.370. The first-order valence-electron chi connectivity index (χ1n) is 5.08. The smallest absolute Gasteiger partial charge is 0.135 e. The second-order valence-electron chi connectivity index (χ2n) is 4.11. The maximum absolute atomic E-state index is 10.9. The molecule has 2 fully saturated rings. The van der Waals surface area contributed by atoms with Gasteiger partial charge in [0.15, 0.2) is 0 Å². The van der Waals surface area contributed by atoms with Gasteiger partial charge in [-0.1, -0.05) is 12.8 Å². The van der Waals surface area contributed by atoms with Gasteiger partial charge < -0.3 is 4.90 Å². The van der Waals surface area contributed by atoms with E-state index >= 15 is 0 Å². The van der Waals surface area contributed by atoms with Gasteiger partial charge in [0.2, 0.25) is 0 Å². The lowest BCUT2D eigenvalue weighted by Crippen LogP contribution is -2.34. The number of carbonyl (C=O) groups excluding carboxylic acids is 1. The van der Waals surface area contributed by atoms with E-state index in [0.29, 0.717) is 5.78 Å². The Morgan fingerprint density at radius 2 is 1.92 bits per heavy atom. The van der Waals surface area contributed by atoms with Crippen LogP contribution in [0.25, 0.3) is 0 Å². The Balaban J connectivity index is 1.63. The van der Waals surface area contributed by atoms with Crippen molar-refractivity contribution in [2.24, 2.45) is 5.92 Å². The first-order chi connectivity index (χ1) is 5.84. The molecule has 68 valence electrons. The van der Waals surface area contributed by atoms with Crippen LogP contribution in [0.4, 0.5) is 0 Å². The van der Waals surface area contributed by atoms with Crippen LogP contribution in [0, 0.1) is 5.92 Å². The first-order valence-corrected chi connectivity index (χ1v) is 5.08. The molecule has 2 nitrogen and oxygen atoms in total. The van der Waals surface area contributed by atoms with Gasteiger partial charge in [0.05, 0.1) is 0 Å². The van der Waals surface area contributed by atoms with Crippen LogP contribution in [-0.4, -0.2) is 30.3 Å². The Labute approximate surface area is 73.9 Å². The van der Waals surface area contributed by atoms with Crippen LogP contribution in [0.3, 0.4) is 0 Å². The fourth-order valence-corrected chi connectivity index (χ4v) is 1.80. The van der Waals surface area contributed by atoms with Gasteiger partial charge in [-0.2, -0.15) is 0 Å². The lowest BCUT2D eigenvalue weighted by Gasteiger charge is -2.25. The molecule has 0 aromatic rings. The van der Waals surface area contributed by atoms with Crippen molar-refractivity contribution >= 4 is 5.78 Å². The van der Waals surface area contributed by atoms with Crippen molar-refractivity contribution in [2.75, 3.05) is 19.6 Å². The van der Waals surface area contributed by atoms with Crippen LogP contribution in [0.2, 0.25) is 0 Å². The SMILES string of the molecule is O=C1CCN(CCC2CC2)CC1. The third kappa shape index (κ3) is 2.31. The van der Waals surface area contributed by atoms with Crippen molar-refractivity contribution < 1.29 is 4.79 Å². The second kappa shape index (κ2) is 3.56. The number of rotatable bonds is 3. The molecule has 0 unspecified atom stereocenters. The molecule has 0 radical (unpaired) electrons. The molecule has 0 bridgehead atoms. The number of carbonyl (C=O) groups is 1. The molecule has 0 atom stereocenters. The van der Waals surface area contributed by atoms with Gasteiger partial charge in [-0.15, -0.1) is 0 Å². The molecule has 0 amide bonds. The summed E-state index contributed by atoms with van der Waals surface area (Å²) in [6.07, 6.45) is 5.86. The molecule has 2 rings (SSSR count). The summed E-state index contributed by atoms with van der Waals surface area (Å²) in [6.45, 7) is 3.27. The maximum Gasteiger partial charge on any atom is 0.135 e.